The molecule has 1 saturated heterocycles. The third-order valence-corrected chi connectivity index (χ3v) is 5.67. The van der Waals surface area contributed by atoms with Crippen LogP contribution in [0.5, 0.6) is 0 Å². The average molecular weight is 440 g/mol. The fourth-order valence-corrected chi connectivity index (χ4v) is 4.11. The lowest BCUT2D eigenvalue weighted by atomic mass is 10.1. The SMILES string of the molecule is CC(C)n1ncc(C(=O)Nc2ccc(CC(=O)N3CCSCC3)cc2)c1C(F)(F)F. The summed E-state index contributed by atoms with van der Waals surface area (Å²) in [6.45, 7) is 4.60. The van der Waals surface area contributed by atoms with Crippen LogP contribution >= 0.6 is 11.8 Å². The van der Waals surface area contributed by atoms with E-state index in [9.17, 15) is 22.8 Å². The highest BCUT2D eigenvalue weighted by atomic mass is 32.2. The van der Waals surface area contributed by atoms with Crippen LogP contribution in [0.1, 0.15) is 41.5 Å². The summed E-state index contributed by atoms with van der Waals surface area (Å²) in [7, 11) is 0. The number of carbonyl (C=O) groups is 2. The molecule has 10 heteroatoms. The minimum Gasteiger partial charge on any atom is -0.341 e. The zero-order valence-electron chi connectivity index (χ0n) is 16.7. The fourth-order valence-electron chi connectivity index (χ4n) is 3.21. The molecule has 30 heavy (non-hydrogen) atoms. The molecule has 0 unspecified atom stereocenters. The molecule has 2 aromatic rings. The highest BCUT2D eigenvalue weighted by Crippen LogP contribution is 2.34. The Morgan fingerprint density at radius 3 is 2.37 bits per heavy atom. The van der Waals surface area contributed by atoms with Crippen LogP contribution in [0, 0.1) is 0 Å². The Morgan fingerprint density at radius 2 is 1.80 bits per heavy atom. The molecule has 6 nitrogen and oxygen atoms in total. The van der Waals surface area contributed by atoms with Gasteiger partial charge in [-0.25, -0.2) is 0 Å². The summed E-state index contributed by atoms with van der Waals surface area (Å²) in [5, 5.41) is 6.20. The first-order valence-electron chi connectivity index (χ1n) is 9.57. The van der Waals surface area contributed by atoms with Gasteiger partial charge in [0, 0.05) is 36.3 Å². The van der Waals surface area contributed by atoms with E-state index in [1.807, 2.05) is 16.7 Å². The van der Waals surface area contributed by atoms with Crippen LogP contribution in [0.15, 0.2) is 30.5 Å². The number of amides is 2. The van der Waals surface area contributed by atoms with E-state index in [4.69, 9.17) is 0 Å². The second-order valence-electron chi connectivity index (χ2n) is 7.26. The Morgan fingerprint density at radius 1 is 1.17 bits per heavy atom. The minimum absolute atomic E-state index is 0.0444. The van der Waals surface area contributed by atoms with E-state index in [1.165, 1.54) is 0 Å². The molecule has 1 aromatic heterocycles. The van der Waals surface area contributed by atoms with Crippen molar-refractivity contribution >= 4 is 29.3 Å². The molecular formula is C20H23F3N4O2S. The number of hydrogen-bond donors (Lipinski definition) is 1. The summed E-state index contributed by atoms with van der Waals surface area (Å²) in [6.07, 6.45) is -3.52. The van der Waals surface area contributed by atoms with Crippen molar-refractivity contribution in [1.29, 1.82) is 0 Å². The van der Waals surface area contributed by atoms with Crippen molar-refractivity contribution in [1.82, 2.24) is 14.7 Å². The first kappa shape index (κ1) is 22.2. The van der Waals surface area contributed by atoms with Crippen molar-refractivity contribution < 1.29 is 22.8 Å². The molecule has 162 valence electrons. The summed E-state index contributed by atoms with van der Waals surface area (Å²) < 4.78 is 41.1. The van der Waals surface area contributed by atoms with Gasteiger partial charge in [-0.15, -0.1) is 0 Å². The van der Waals surface area contributed by atoms with Gasteiger partial charge in [-0.3, -0.25) is 14.3 Å². The van der Waals surface area contributed by atoms with Crippen LogP contribution in [0.25, 0.3) is 0 Å². The Bertz CT molecular complexity index is 904. The lowest BCUT2D eigenvalue weighted by Gasteiger charge is -2.26. The number of rotatable bonds is 5. The van der Waals surface area contributed by atoms with E-state index < -0.39 is 29.4 Å². The molecule has 0 bridgehead atoms. The van der Waals surface area contributed by atoms with Crippen molar-refractivity contribution in [2.75, 3.05) is 29.9 Å². The molecule has 2 amide bonds. The highest BCUT2D eigenvalue weighted by molar-refractivity contribution is 7.99. The van der Waals surface area contributed by atoms with Crippen LogP contribution in [-0.2, 0) is 17.4 Å². The molecule has 1 aliphatic heterocycles. The van der Waals surface area contributed by atoms with Gasteiger partial charge >= 0.3 is 6.18 Å². The van der Waals surface area contributed by atoms with E-state index in [1.54, 1.807) is 38.1 Å². The number of alkyl halides is 3. The minimum atomic E-state index is -4.70. The third kappa shape index (κ3) is 5.16. The summed E-state index contributed by atoms with van der Waals surface area (Å²) in [4.78, 5) is 26.6. The maximum absolute atomic E-state index is 13.5. The number of aromatic nitrogens is 2. The molecule has 0 aliphatic carbocycles. The van der Waals surface area contributed by atoms with Crippen molar-refractivity contribution in [3.05, 3.63) is 47.3 Å². The Hall–Kier alpha value is -2.49. The Kier molecular flexibility index (Phi) is 6.74. The van der Waals surface area contributed by atoms with Gasteiger partial charge in [-0.2, -0.15) is 30.0 Å². The number of anilines is 1. The van der Waals surface area contributed by atoms with Crippen molar-refractivity contribution in [2.45, 2.75) is 32.5 Å². The number of nitrogens with zero attached hydrogens (tertiary/aromatic N) is 3. The zero-order valence-corrected chi connectivity index (χ0v) is 17.5. The maximum Gasteiger partial charge on any atom is 0.433 e. The summed E-state index contributed by atoms with van der Waals surface area (Å²) in [6, 6.07) is 5.99. The molecule has 2 heterocycles. The maximum atomic E-state index is 13.5. The van der Waals surface area contributed by atoms with Crippen LogP contribution in [0.3, 0.4) is 0 Å². The third-order valence-electron chi connectivity index (χ3n) is 4.73. The standard InChI is InChI=1S/C20H23F3N4O2S/c1-13(2)27-18(20(21,22)23)16(12-24-27)19(29)25-15-5-3-14(4-6-15)11-17(28)26-7-9-30-10-8-26/h3-6,12-13H,7-11H2,1-2H3,(H,25,29). The number of carbonyl (C=O) groups excluding carboxylic acids is 2. The first-order valence-corrected chi connectivity index (χ1v) is 10.7. The summed E-state index contributed by atoms with van der Waals surface area (Å²) in [5.74, 6) is 1.03. The summed E-state index contributed by atoms with van der Waals surface area (Å²) >= 11 is 1.82. The van der Waals surface area contributed by atoms with E-state index in [0.717, 1.165) is 41.0 Å². The van der Waals surface area contributed by atoms with Gasteiger partial charge in [0.1, 0.15) is 0 Å². The highest BCUT2D eigenvalue weighted by Gasteiger charge is 2.40. The molecule has 0 radical (unpaired) electrons. The van der Waals surface area contributed by atoms with Crippen LogP contribution in [0.4, 0.5) is 18.9 Å². The van der Waals surface area contributed by atoms with E-state index in [2.05, 4.69) is 10.4 Å². The molecule has 1 aromatic carbocycles. The molecule has 1 N–H and O–H groups in total. The quantitative estimate of drug-likeness (QED) is 0.767. The van der Waals surface area contributed by atoms with Gasteiger partial charge in [0.2, 0.25) is 5.91 Å². The van der Waals surface area contributed by atoms with E-state index in [-0.39, 0.29) is 12.3 Å². The second-order valence-corrected chi connectivity index (χ2v) is 8.49. The topological polar surface area (TPSA) is 67.2 Å². The number of halogens is 3. The molecule has 1 aliphatic rings. The molecule has 1 fully saturated rings. The van der Waals surface area contributed by atoms with Crippen LogP contribution in [0.2, 0.25) is 0 Å². The molecular weight excluding hydrogens is 417 g/mol. The first-order chi connectivity index (χ1) is 14.2. The second kappa shape index (κ2) is 9.11. The van der Waals surface area contributed by atoms with Gasteiger partial charge in [0.05, 0.1) is 18.2 Å². The van der Waals surface area contributed by atoms with Crippen molar-refractivity contribution in [3.63, 3.8) is 0 Å². The number of hydrogen-bond acceptors (Lipinski definition) is 4. The molecule has 3 rings (SSSR count). The molecule has 0 saturated carbocycles. The van der Waals surface area contributed by atoms with Gasteiger partial charge in [-0.1, -0.05) is 12.1 Å². The number of nitrogens with one attached hydrogen (secondary N) is 1. The molecule has 0 spiro atoms. The Labute approximate surface area is 176 Å². The lowest BCUT2D eigenvalue weighted by molar-refractivity contribution is -0.145. The number of benzene rings is 1. The predicted octanol–water partition coefficient (Wildman–Crippen LogP) is 3.85. The van der Waals surface area contributed by atoms with Gasteiger partial charge in [-0.05, 0) is 31.5 Å². The monoisotopic (exact) mass is 440 g/mol. The summed E-state index contributed by atoms with van der Waals surface area (Å²) in [5.41, 5.74) is -0.480. The lowest BCUT2D eigenvalue weighted by Crippen LogP contribution is -2.38. The van der Waals surface area contributed by atoms with Gasteiger partial charge in [0.15, 0.2) is 5.69 Å². The van der Waals surface area contributed by atoms with Gasteiger partial charge in [0.25, 0.3) is 5.91 Å². The van der Waals surface area contributed by atoms with Gasteiger partial charge < -0.3 is 10.2 Å². The van der Waals surface area contributed by atoms with Crippen molar-refractivity contribution in [2.24, 2.45) is 0 Å². The smallest absolute Gasteiger partial charge is 0.341 e. The number of thioether (sulfide) groups is 1. The van der Waals surface area contributed by atoms with E-state index >= 15 is 0 Å². The Balaban J connectivity index is 1.68. The average Bonchev–Trinajstić information content (AvgIpc) is 3.16. The zero-order chi connectivity index (χ0) is 21.9. The largest absolute Gasteiger partial charge is 0.433 e. The van der Waals surface area contributed by atoms with Crippen LogP contribution < -0.4 is 5.32 Å². The van der Waals surface area contributed by atoms with Crippen molar-refractivity contribution in [3.8, 4) is 0 Å². The molecule has 0 atom stereocenters. The van der Waals surface area contributed by atoms with Crippen LogP contribution in [-0.4, -0.2) is 51.1 Å². The predicted molar refractivity (Wildman–Crippen MR) is 110 cm³/mol. The van der Waals surface area contributed by atoms with E-state index in [0.29, 0.717) is 5.69 Å². The normalized spacial score (nSPS) is 14.8. The fraction of sp³-hybridized carbons (Fsp3) is 0.450.